The average molecular weight is 294 g/mol. The van der Waals surface area contributed by atoms with Crippen molar-refractivity contribution in [3.05, 3.63) is 29.8 Å². The Balaban J connectivity index is 2.28. The highest BCUT2D eigenvalue weighted by molar-refractivity contribution is 5.73. The molecule has 5 nitrogen and oxygen atoms in total. The monoisotopic (exact) mass is 294 g/mol. The third-order valence-electron chi connectivity index (χ3n) is 3.18. The second-order valence-electron chi connectivity index (χ2n) is 5.47. The van der Waals surface area contributed by atoms with Crippen molar-refractivity contribution in [2.45, 2.75) is 32.8 Å². The second kappa shape index (κ2) is 9.23. The van der Waals surface area contributed by atoms with Crippen LogP contribution in [0.3, 0.4) is 0 Å². The molecule has 0 spiro atoms. The number of hydrogen-bond donors (Lipinski definition) is 3. The normalized spacial score (nSPS) is 12.0. The van der Waals surface area contributed by atoms with Gasteiger partial charge >= 0.3 is 6.03 Å². The summed E-state index contributed by atoms with van der Waals surface area (Å²) in [6.45, 7) is 5.14. The van der Waals surface area contributed by atoms with E-state index in [0.29, 0.717) is 18.2 Å². The highest BCUT2D eigenvalue weighted by Crippen LogP contribution is 2.18. The van der Waals surface area contributed by atoms with Crippen LogP contribution in [0.15, 0.2) is 24.3 Å². The predicted molar refractivity (Wildman–Crippen MR) is 83.4 cm³/mol. The van der Waals surface area contributed by atoms with E-state index in [2.05, 4.69) is 24.5 Å². The molecule has 1 aromatic carbocycles. The minimum absolute atomic E-state index is 0.170. The Morgan fingerprint density at radius 3 is 2.76 bits per heavy atom. The van der Waals surface area contributed by atoms with Gasteiger partial charge in [-0.3, -0.25) is 0 Å². The van der Waals surface area contributed by atoms with Crippen LogP contribution in [0.5, 0.6) is 5.75 Å². The van der Waals surface area contributed by atoms with Crippen molar-refractivity contribution in [3.63, 3.8) is 0 Å². The lowest BCUT2D eigenvalue weighted by Gasteiger charge is -2.14. The maximum atomic E-state index is 11.6. The summed E-state index contributed by atoms with van der Waals surface area (Å²) in [5.41, 5.74) is 0.717. The fourth-order valence-corrected chi connectivity index (χ4v) is 1.93. The molecule has 0 aromatic heterocycles. The zero-order chi connectivity index (χ0) is 15.7. The number of hydrogen-bond acceptors (Lipinski definition) is 3. The van der Waals surface area contributed by atoms with E-state index in [1.165, 1.54) is 0 Å². The van der Waals surface area contributed by atoms with Gasteiger partial charge in [0.25, 0.3) is 0 Å². The van der Waals surface area contributed by atoms with E-state index in [0.717, 1.165) is 18.4 Å². The van der Waals surface area contributed by atoms with Crippen LogP contribution < -0.4 is 15.4 Å². The van der Waals surface area contributed by atoms with E-state index in [-0.39, 0.29) is 12.6 Å². The van der Waals surface area contributed by atoms with Crippen LogP contribution in [0.2, 0.25) is 0 Å². The van der Waals surface area contributed by atoms with Crippen molar-refractivity contribution in [1.82, 2.24) is 10.6 Å². The highest BCUT2D eigenvalue weighted by Gasteiger charge is 2.10. The molecular weight excluding hydrogens is 268 g/mol. The number of carbonyl (C=O) groups is 1. The van der Waals surface area contributed by atoms with Crippen molar-refractivity contribution >= 4 is 6.03 Å². The first-order valence-corrected chi connectivity index (χ1v) is 7.36. The van der Waals surface area contributed by atoms with E-state index in [1.807, 2.05) is 12.1 Å². The lowest BCUT2D eigenvalue weighted by atomic mass is 10.1. The number of aliphatic hydroxyl groups is 1. The Labute approximate surface area is 126 Å². The van der Waals surface area contributed by atoms with Crippen molar-refractivity contribution in [2.75, 3.05) is 20.2 Å². The Hall–Kier alpha value is -1.75. The van der Waals surface area contributed by atoms with Crippen LogP contribution in [-0.2, 0) is 0 Å². The van der Waals surface area contributed by atoms with Gasteiger partial charge in [0.2, 0.25) is 0 Å². The van der Waals surface area contributed by atoms with Crippen molar-refractivity contribution in [2.24, 2.45) is 5.92 Å². The predicted octanol–water partition coefficient (Wildman–Crippen LogP) is 2.46. The smallest absolute Gasteiger partial charge is 0.314 e. The van der Waals surface area contributed by atoms with E-state index in [4.69, 9.17) is 4.74 Å². The molecule has 0 aliphatic carbocycles. The Morgan fingerprint density at radius 1 is 1.33 bits per heavy atom. The van der Waals surface area contributed by atoms with Crippen molar-refractivity contribution in [1.29, 1.82) is 0 Å². The summed E-state index contributed by atoms with van der Waals surface area (Å²) in [6, 6.07) is 6.93. The van der Waals surface area contributed by atoms with Crippen molar-refractivity contribution in [3.8, 4) is 5.75 Å². The Bertz CT molecular complexity index is 435. The van der Waals surface area contributed by atoms with Crippen LogP contribution >= 0.6 is 0 Å². The quantitative estimate of drug-likeness (QED) is 0.645. The van der Waals surface area contributed by atoms with E-state index in [9.17, 15) is 9.90 Å². The molecule has 21 heavy (non-hydrogen) atoms. The standard InChI is InChI=1S/C16H26N2O3/c1-12(2)6-5-9-17-16(20)18-11-15(19)13-7-4-8-14(10-13)21-3/h4,7-8,10,12,15,19H,5-6,9,11H2,1-3H3,(H2,17,18,20). The van der Waals surface area contributed by atoms with Crippen molar-refractivity contribution < 1.29 is 14.6 Å². The van der Waals surface area contributed by atoms with E-state index >= 15 is 0 Å². The fraction of sp³-hybridized carbons (Fsp3) is 0.562. The van der Waals surface area contributed by atoms with Gasteiger partial charge in [-0.15, -0.1) is 0 Å². The molecule has 1 unspecified atom stereocenters. The zero-order valence-corrected chi connectivity index (χ0v) is 13.1. The molecule has 0 bridgehead atoms. The number of carbonyl (C=O) groups excluding carboxylic acids is 1. The molecule has 1 rings (SSSR count). The topological polar surface area (TPSA) is 70.6 Å². The van der Waals surface area contributed by atoms with Gasteiger partial charge in [-0.1, -0.05) is 26.0 Å². The SMILES string of the molecule is COc1cccc(C(O)CNC(=O)NCCCC(C)C)c1. The van der Waals surface area contributed by atoms with E-state index in [1.54, 1.807) is 19.2 Å². The van der Waals surface area contributed by atoms with Gasteiger partial charge in [0.1, 0.15) is 5.75 Å². The number of urea groups is 1. The molecule has 2 amide bonds. The number of amides is 2. The lowest BCUT2D eigenvalue weighted by Crippen LogP contribution is -2.38. The number of ether oxygens (including phenoxy) is 1. The molecule has 0 radical (unpaired) electrons. The summed E-state index contributed by atoms with van der Waals surface area (Å²) in [5, 5.41) is 15.5. The summed E-state index contributed by atoms with van der Waals surface area (Å²) >= 11 is 0. The van der Waals surface area contributed by atoms with Gasteiger partial charge < -0.3 is 20.5 Å². The number of aliphatic hydroxyl groups excluding tert-OH is 1. The van der Waals surface area contributed by atoms with Gasteiger partial charge in [0.05, 0.1) is 13.2 Å². The average Bonchev–Trinajstić information content (AvgIpc) is 2.49. The molecule has 1 atom stereocenters. The molecule has 0 heterocycles. The summed E-state index contributed by atoms with van der Waals surface area (Å²) < 4.78 is 5.10. The number of methoxy groups -OCH3 is 1. The largest absolute Gasteiger partial charge is 0.497 e. The Kier molecular flexibility index (Phi) is 7.61. The first-order valence-electron chi connectivity index (χ1n) is 7.36. The maximum absolute atomic E-state index is 11.6. The minimum Gasteiger partial charge on any atom is -0.497 e. The van der Waals surface area contributed by atoms with E-state index < -0.39 is 6.10 Å². The molecule has 0 saturated carbocycles. The van der Waals surface area contributed by atoms with Gasteiger partial charge in [-0.2, -0.15) is 0 Å². The third-order valence-corrected chi connectivity index (χ3v) is 3.18. The molecule has 0 saturated heterocycles. The fourth-order valence-electron chi connectivity index (χ4n) is 1.93. The van der Waals surface area contributed by atoms with Gasteiger partial charge in [-0.05, 0) is 36.5 Å². The molecule has 0 aliphatic heterocycles. The van der Waals surface area contributed by atoms with Crippen LogP contribution in [0.4, 0.5) is 4.79 Å². The highest BCUT2D eigenvalue weighted by atomic mass is 16.5. The maximum Gasteiger partial charge on any atom is 0.314 e. The number of rotatable bonds is 8. The molecule has 1 aromatic rings. The van der Waals surface area contributed by atoms with Crippen LogP contribution in [0.25, 0.3) is 0 Å². The molecule has 0 fully saturated rings. The first kappa shape index (κ1) is 17.3. The molecule has 3 N–H and O–H groups in total. The molecule has 118 valence electrons. The number of nitrogens with one attached hydrogen (secondary N) is 2. The third kappa shape index (κ3) is 6.99. The summed E-state index contributed by atoms with van der Waals surface area (Å²) in [7, 11) is 1.58. The molecular formula is C16H26N2O3. The van der Waals surface area contributed by atoms with Crippen LogP contribution in [-0.4, -0.2) is 31.3 Å². The van der Waals surface area contributed by atoms with Gasteiger partial charge in [-0.25, -0.2) is 4.79 Å². The summed E-state index contributed by atoms with van der Waals surface area (Å²) in [4.78, 5) is 11.6. The number of benzene rings is 1. The van der Waals surface area contributed by atoms with Crippen LogP contribution in [0.1, 0.15) is 38.4 Å². The molecule has 5 heteroatoms. The lowest BCUT2D eigenvalue weighted by molar-refractivity contribution is 0.172. The first-order chi connectivity index (χ1) is 10.0. The van der Waals surface area contributed by atoms with Gasteiger partial charge in [0.15, 0.2) is 0 Å². The zero-order valence-electron chi connectivity index (χ0n) is 13.1. The molecule has 0 aliphatic rings. The second-order valence-corrected chi connectivity index (χ2v) is 5.47. The Morgan fingerprint density at radius 2 is 2.10 bits per heavy atom. The van der Waals surface area contributed by atoms with Gasteiger partial charge in [0, 0.05) is 13.1 Å². The minimum atomic E-state index is -0.749. The summed E-state index contributed by atoms with van der Waals surface area (Å²) in [5.74, 6) is 1.33. The van der Waals surface area contributed by atoms with Crippen LogP contribution in [0, 0.1) is 5.92 Å². The summed E-state index contributed by atoms with van der Waals surface area (Å²) in [6.07, 6.45) is 1.30.